The van der Waals surface area contributed by atoms with Gasteiger partial charge in [-0.3, -0.25) is 4.98 Å². The Hall–Kier alpha value is -1.46. The van der Waals surface area contributed by atoms with Crippen molar-refractivity contribution >= 4 is 5.97 Å². The van der Waals surface area contributed by atoms with Crippen LogP contribution in [0.15, 0.2) is 24.5 Å². The Morgan fingerprint density at radius 1 is 1.50 bits per heavy atom. The Morgan fingerprint density at radius 2 is 2.31 bits per heavy atom. The number of nitrogens with one attached hydrogen (secondary N) is 1. The van der Waals surface area contributed by atoms with Crippen LogP contribution in [0.5, 0.6) is 0 Å². The number of hydrogen-bond donors (Lipinski definition) is 1. The van der Waals surface area contributed by atoms with Crippen molar-refractivity contribution in [2.75, 3.05) is 13.2 Å². The quantitative estimate of drug-likeness (QED) is 0.771. The van der Waals surface area contributed by atoms with Gasteiger partial charge in [-0.15, -0.1) is 5.48 Å². The van der Waals surface area contributed by atoms with Gasteiger partial charge in [0.15, 0.2) is 0 Å². The van der Waals surface area contributed by atoms with Gasteiger partial charge in [0.1, 0.15) is 0 Å². The summed E-state index contributed by atoms with van der Waals surface area (Å²) >= 11 is 0. The molecule has 5 nitrogen and oxygen atoms in total. The standard InChI is InChI=1S/C11H14N2O3/c14-11(9-3-5-12-6-4-9)16-13-10-2-1-7-15-8-10/h3-6,10,13H,1-2,7-8H2. The van der Waals surface area contributed by atoms with Crippen LogP contribution in [-0.2, 0) is 9.57 Å². The Bertz CT molecular complexity index is 336. The van der Waals surface area contributed by atoms with Gasteiger partial charge in [-0.1, -0.05) is 0 Å². The summed E-state index contributed by atoms with van der Waals surface area (Å²) in [6.45, 7) is 1.38. The molecule has 16 heavy (non-hydrogen) atoms. The van der Waals surface area contributed by atoms with Crippen LogP contribution in [0.25, 0.3) is 0 Å². The molecule has 0 bridgehead atoms. The molecule has 0 aliphatic carbocycles. The predicted molar refractivity (Wildman–Crippen MR) is 56.6 cm³/mol. The zero-order valence-electron chi connectivity index (χ0n) is 8.89. The molecule has 1 fully saturated rings. The number of carbonyl (C=O) groups excluding carboxylic acids is 1. The van der Waals surface area contributed by atoms with E-state index in [4.69, 9.17) is 9.57 Å². The minimum atomic E-state index is -0.395. The van der Waals surface area contributed by atoms with Gasteiger partial charge in [0, 0.05) is 19.0 Å². The van der Waals surface area contributed by atoms with Crippen molar-refractivity contribution in [3.05, 3.63) is 30.1 Å². The van der Waals surface area contributed by atoms with Crippen LogP contribution in [0.4, 0.5) is 0 Å². The first-order valence-corrected chi connectivity index (χ1v) is 5.31. The molecule has 1 unspecified atom stereocenters. The molecule has 86 valence electrons. The summed E-state index contributed by atoms with van der Waals surface area (Å²) in [6, 6.07) is 3.32. The third kappa shape index (κ3) is 3.01. The Kier molecular flexibility index (Phi) is 3.85. The first kappa shape index (κ1) is 11.0. The maximum atomic E-state index is 11.5. The fourth-order valence-corrected chi connectivity index (χ4v) is 1.52. The molecule has 0 aromatic carbocycles. The van der Waals surface area contributed by atoms with Crippen LogP contribution >= 0.6 is 0 Å². The van der Waals surface area contributed by atoms with Gasteiger partial charge >= 0.3 is 5.97 Å². The molecular formula is C11H14N2O3. The molecule has 1 aliphatic rings. The molecular weight excluding hydrogens is 208 g/mol. The highest BCUT2D eigenvalue weighted by Gasteiger charge is 2.15. The van der Waals surface area contributed by atoms with E-state index in [0.29, 0.717) is 12.2 Å². The van der Waals surface area contributed by atoms with Gasteiger partial charge in [0.25, 0.3) is 0 Å². The van der Waals surface area contributed by atoms with E-state index in [0.717, 1.165) is 19.4 Å². The van der Waals surface area contributed by atoms with Crippen molar-refractivity contribution in [2.24, 2.45) is 0 Å². The number of carbonyl (C=O) groups is 1. The van der Waals surface area contributed by atoms with Crippen molar-refractivity contribution in [3.63, 3.8) is 0 Å². The van der Waals surface area contributed by atoms with Crippen LogP contribution in [-0.4, -0.2) is 30.2 Å². The molecule has 1 aromatic heterocycles. The lowest BCUT2D eigenvalue weighted by molar-refractivity contribution is -0.0154. The molecule has 0 radical (unpaired) electrons. The fourth-order valence-electron chi connectivity index (χ4n) is 1.52. The summed E-state index contributed by atoms with van der Waals surface area (Å²) in [4.78, 5) is 20.3. The first-order valence-electron chi connectivity index (χ1n) is 5.31. The SMILES string of the molecule is O=C(ONC1CCCOC1)c1ccncc1. The second-order valence-corrected chi connectivity index (χ2v) is 3.66. The Morgan fingerprint density at radius 3 is 3.00 bits per heavy atom. The molecule has 0 saturated carbocycles. The fraction of sp³-hybridized carbons (Fsp3) is 0.455. The highest BCUT2D eigenvalue weighted by atomic mass is 16.7. The highest BCUT2D eigenvalue weighted by molar-refractivity contribution is 5.88. The van der Waals surface area contributed by atoms with Gasteiger partial charge in [-0.2, -0.15) is 0 Å². The molecule has 1 N–H and O–H groups in total. The summed E-state index contributed by atoms with van der Waals surface area (Å²) in [5.41, 5.74) is 3.21. The molecule has 1 saturated heterocycles. The summed E-state index contributed by atoms with van der Waals surface area (Å²) in [7, 11) is 0. The topological polar surface area (TPSA) is 60.5 Å². The van der Waals surface area contributed by atoms with Crippen LogP contribution in [0.3, 0.4) is 0 Å². The van der Waals surface area contributed by atoms with E-state index in [9.17, 15) is 4.79 Å². The number of rotatable bonds is 3. The molecule has 1 aromatic rings. The van der Waals surface area contributed by atoms with Crippen molar-refractivity contribution in [1.29, 1.82) is 0 Å². The smallest absolute Gasteiger partial charge is 0.356 e. The van der Waals surface area contributed by atoms with E-state index in [1.807, 2.05) is 0 Å². The average Bonchev–Trinajstić information content (AvgIpc) is 2.38. The van der Waals surface area contributed by atoms with E-state index in [1.165, 1.54) is 0 Å². The predicted octanol–water partition coefficient (Wildman–Crippen LogP) is 0.922. The summed E-state index contributed by atoms with van der Waals surface area (Å²) in [5, 5.41) is 0. The largest absolute Gasteiger partial charge is 0.380 e. The number of nitrogens with zero attached hydrogens (tertiary/aromatic N) is 1. The number of aromatic nitrogens is 1. The maximum Gasteiger partial charge on any atom is 0.356 e. The second kappa shape index (κ2) is 5.58. The Balaban J connectivity index is 1.79. The second-order valence-electron chi connectivity index (χ2n) is 3.66. The monoisotopic (exact) mass is 222 g/mol. The van der Waals surface area contributed by atoms with E-state index >= 15 is 0 Å². The maximum absolute atomic E-state index is 11.5. The van der Waals surface area contributed by atoms with Gasteiger partial charge in [0.05, 0.1) is 18.2 Å². The molecule has 1 aliphatic heterocycles. The lowest BCUT2D eigenvalue weighted by Gasteiger charge is -2.22. The minimum absolute atomic E-state index is 0.0968. The number of pyridine rings is 1. The van der Waals surface area contributed by atoms with Crippen molar-refractivity contribution in [2.45, 2.75) is 18.9 Å². The van der Waals surface area contributed by atoms with E-state index < -0.39 is 5.97 Å². The third-order valence-corrected chi connectivity index (χ3v) is 2.39. The van der Waals surface area contributed by atoms with Gasteiger partial charge in [-0.05, 0) is 25.0 Å². The van der Waals surface area contributed by atoms with Crippen molar-refractivity contribution in [3.8, 4) is 0 Å². The molecule has 5 heteroatoms. The number of ether oxygens (including phenoxy) is 1. The van der Waals surface area contributed by atoms with E-state index in [1.54, 1.807) is 24.5 Å². The van der Waals surface area contributed by atoms with Crippen LogP contribution < -0.4 is 5.48 Å². The lowest BCUT2D eigenvalue weighted by Crippen LogP contribution is -2.38. The van der Waals surface area contributed by atoms with E-state index in [-0.39, 0.29) is 6.04 Å². The first-order chi connectivity index (χ1) is 7.86. The van der Waals surface area contributed by atoms with Crippen LogP contribution in [0, 0.1) is 0 Å². The highest BCUT2D eigenvalue weighted by Crippen LogP contribution is 2.06. The van der Waals surface area contributed by atoms with Crippen LogP contribution in [0.2, 0.25) is 0 Å². The summed E-state index contributed by atoms with van der Waals surface area (Å²) < 4.78 is 5.26. The van der Waals surface area contributed by atoms with Crippen LogP contribution in [0.1, 0.15) is 23.2 Å². The molecule has 0 spiro atoms. The van der Waals surface area contributed by atoms with Gasteiger partial charge in [0.2, 0.25) is 0 Å². The molecule has 2 rings (SSSR count). The third-order valence-electron chi connectivity index (χ3n) is 2.39. The minimum Gasteiger partial charge on any atom is -0.380 e. The number of hydrogen-bond acceptors (Lipinski definition) is 5. The summed E-state index contributed by atoms with van der Waals surface area (Å²) in [5.74, 6) is -0.395. The normalized spacial score (nSPS) is 20.4. The zero-order chi connectivity index (χ0) is 11.2. The Labute approximate surface area is 93.7 Å². The van der Waals surface area contributed by atoms with Gasteiger partial charge < -0.3 is 9.57 Å². The zero-order valence-corrected chi connectivity index (χ0v) is 8.89. The lowest BCUT2D eigenvalue weighted by atomic mass is 10.1. The van der Waals surface area contributed by atoms with Crippen molar-refractivity contribution in [1.82, 2.24) is 10.5 Å². The molecule has 1 atom stereocenters. The number of hydroxylamine groups is 1. The molecule has 0 amide bonds. The molecule has 2 heterocycles. The van der Waals surface area contributed by atoms with E-state index in [2.05, 4.69) is 10.5 Å². The average molecular weight is 222 g/mol. The summed E-state index contributed by atoms with van der Waals surface area (Å²) in [6.07, 6.45) is 5.06. The van der Waals surface area contributed by atoms with Gasteiger partial charge in [-0.25, -0.2) is 4.79 Å². The van der Waals surface area contributed by atoms with Crippen molar-refractivity contribution < 1.29 is 14.4 Å².